The number of esters is 1. The van der Waals surface area contributed by atoms with Crippen LogP contribution >= 0.6 is 11.3 Å². The molecule has 0 amide bonds. The van der Waals surface area contributed by atoms with Gasteiger partial charge in [-0.2, -0.15) is 0 Å². The van der Waals surface area contributed by atoms with Gasteiger partial charge >= 0.3 is 5.97 Å². The number of hydrogen-bond acceptors (Lipinski definition) is 6. The van der Waals surface area contributed by atoms with Crippen LogP contribution in [-0.4, -0.2) is 25.9 Å². The molecule has 1 saturated carbocycles. The first-order valence-corrected chi connectivity index (χ1v) is 10.7. The largest absolute Gasteiger partial charge is 0.503 e. The van der Waals surface area contributed by atoms with Crippen LogP contribution in [0.5, 0.6) is 0 Å². The molecule has 4 rings (SSSR count). The number of nitrogens with zero attached hydrogens (tertiary/aromatic N) is 1. The van der Waals surface area contributed by atoms with E-state index in [-0.39, 0.29) is 0 Å². The SMILES string of the molecule is COC=C(C(=O)OC)c1csc2ccc(CON=C(c3ccccc3)C3CC3)cc12. The molecule has 1 fully saturated rings. The van der Waals surface area contributed by atoms with Crippen molar-refractivity contribution >= 4 is 38.7 Å². The smallest absolute Gasteiger partial charge is 0.341 e. The molecule has 30 heavy (non-hydrogen) atoms. The van der Waals surface area contributed by atoms with Crippen molar-refractivity contribution in [1.82, 2.24) is 0 Å². The number of fused-ring (bicyclic) bond motifs is 1. The van der Waals surface area contributed by atoms with Crippen LogP contribution in [0.3, 0.4) is 0 Å². The molecule has 0 N–H and O–H groups in total. The Kier molecular flexibility index (Phi) is 6.14. The van der Waals surface area contributed by atoms with Gasteiger partial charge in [-0.05, 0) is 36.1 Å². The van der Waals surface area contributed by atoms with Crippen molar-refractivity contribution in [3.63, 3.8) is 0 Å². The van der Waals surface area contributed by atoms with E-state index in [4.69, 9.17) is 14.3 Å². The summed E-state index contributed by atoms with van der Waals surface area (Å²) in [6.45, 7) is 0.357. The fourth-order valence-corrected chi connectivity index (χ4v) is 4.27. The number of hydrogen-bond donors (Lipinski definition) is 0. The minimum atomic E-state index is -0.431. The van der Waals surface area contributed by atoms with E-state index in [0.29, 0.717) is 18.1 Å². The van der Waals surface area contributed by atoms with E-state index in [1.54, 1.807) is 11.3 Å². The van der Waals surface area contributed by atoms with Gasteiger partial charge in [0.05, 0.1) is 26.2 Å². The Balaban J connectivity index is 1.57. The molecule has 0 bridgehead atoms. The number of oxime groups is 1. The van der Waals surface area contributed by atoms with E-state index in [0.717, 1.165) is 45.3 Å². The maximum absolute atomic E-state index is 12.2. The van der Waals surface area contributed by atoms with E-state index in [9.17, 15) is 4.79 Å². The van der Waals surface area contributed by atoms with Crippen molar-refractivity contribution in [3.8, 4) is 0 Å². The Labute approximate surface area is 179 Å². The van der Waals surface area contributed by atoms with Gasteiger partial charge in [0, 0.05) is 26.9 Å². The average Bonchev–Trinajstić information content (AvgIpc) is 3.54. The highest BCUT2D eigenvalue weighted by Crippen LogP contribution is 2.34. The summed E-state index contributed by atoms with van der Waals surface area (Å²) in [4.78, 5) is 17.9. The summed E-state index contributed by atoms with van der Waals surface area (Å²) >= 11 is 1.57. The Morgan fingerprint density at radius 3 is 2.67 bits per heavy atom. The third-order valence-electron chi connectivity index (χ3n) is 5.00. The predicted molar refractivity (Wildman–Crippen MR) is 119 cm³/mol. The van der Waals surface area contributed by atoms with Crippen molar-refractivity contribution in [2.75, 3.05) is 14.2 Å². The third kappa shape index (κ3) is 4.39. The summed E-state index contributed by atoms with van der Waals surface area (Å²) in [7, 11) is 2.88. The number of rotatable bonds is 8. The Bertz CT molecular complexity index is 1100. The van der Waals surface area contributed by atoms with Gasteiger partial charge in [0.1, 0.15) is 12.2 Å². The lowest BCUT2D eigenvalue weighted by atomic mass is 10.0. The molecule has 2 aromatic carbocycles. The number of methoxy groups -OCH3 is 2. The van der Waals surface area contributed by atoms with Crippen LogP contribution in [0.2, 0.25) is 0 Å². The summed E-state index contributed by atoms with van der Waals surface area (Å²) in [6, 6.07) is 16.3. The van der Waals surface area contributed by atoms with Crippen LogP contribution in [-0.2, 0) is 25.7 Å². The lowest BCUT2D eigenvalue weighted by molar-refractivity contribution is -0.133. The molecule has 1 aromatic heterocycles. The molecule has 1 heterocycles. The molecule has 1 aliphatic rings. The van der Waals surface area contributed by atoms with Crippen LogP contribution in [0.15, 0.2) is 65.3 Å². The van der Waals surface area contributed by atoms with Gasteiger partial charge in [-0.1, -0.05) is 41.6 Å². The molecule has 0 saturated heterocycles. The normalized spacial score (nSPS) is 14.6. The van der Waals surface area contributed by atoms with Crippen LogP contribution in [0.4, 0.5) is 0 Å². The lowest BCUT2D eigenvalue weighted by Gasteiger charge is -2.07. The van der Waals surface area contributed by atoms with E-state index in [1.807, 2.05) is 41.8 Å². The maximum atomic E-state index is 12.2. The maximum Gasteiger partial charge on any atom is 0.341 e. The zero-order valence-electron chi connectivity index (χ0n) is 17.0. The van der Waals surface area contributed by atoms with Crippen LogP contribution < -0.4 is 0 Å². The number of carbonyl (C=O) groups is 1. The molecule has 0 aliphatic heterocycles. The molecule has 0 unspecified atom stereocenters. The van der Waals surface area contributed by atoms with Crippen molar-refractivity contribution in [3.05, 3.63) is 76.9 Å². The summed E-state index contributed by atoms with van der Waals surface area (Å²) in [5, 5.41) is 7.36. The number of benzene rings is 2. The summed E-state index contributed by atoms with van der Waals surface area (Å²) in [5.41, 5.74) is 4.29. The van der Waals surface area contributed by atoms with Crippen molar-refractivity contribution in [1.29, 1.82) is 0 Å². The molecule has 3 aromatic rings. The molecule has 0 radical (unpaired) electrons. The number of ether oxygens (including phenoxy) is 2. The first-order valence-electron chi connectivity index (χ1n) is 9.78. The Hall–Kier alpha value is -3.12. The quantitative estimate of drug-likeness (QED) is 0.161. The fraction of sp³-hybridized carbons (Fsp3) is 0.250. The molecule has 6 heteroatoms. The van der Waals surface area contributed by atoms with Gasteiger partial charge in [0.2, 0.25) is 0 Å². The van der Waals surface area contributed by atoms with E-state index in [2.05, 4.69) is 17.3 Å². The lowest BCUT2D eigenvalue weighted by Crippen LogP contribution is -2.05. The predicted octanol–water partition coefficient (Wildman–Crippen LogP) is 5.39. The molecule has 5 nitrogen and oxygen atoms in total. The zero-order valence-corrected chi connectivity index (χ0v) is 17.8. The van der Waals surface area contributed by atoms with Crippen molar-refractivity contribution in [2.45, 2.75) is 19.4 Å². The summed E-state index contributed by atoms with van der Waals surface area (Å²) in [6.07, 6.45) is 3.73. The molecule has 0 atom stereocenters. The van der Waals surface area contributed by atoms with Crippen molar-refractivity contribution < 1.29 is 19.1 Å². The first-order chi connectivity index (χ1) is 14.7. The van der Waals surface area contributed by atoms with Gasteiger partial charge < -0.3 is 14.3 Å². The van der Waals surface area contributed by atoms with Crippen molar-refractivity contribution in [2.24, 2.45) is 11.1 Å². The van der Waals surface area contributed by atoms with E-state index >= 15 is 0 Å². The highest BCUT2D eigenvalue weighted by Gasteiger charge is 2.29. The second-order valence-electron chi connectivity index (χ2n) is 7.13. The zero-order chi connectivity index (χ0) is 20.9. The van der Waals surface area contributed by atoms with Gasteiger partial charge in [-0.25, -0.2) is 4.79 Å². The summed E-state index contributed by atoms with van der Waals surface area (Å²) < 4.78 is 11.1. The average molecular weight is 422 g/mol. The van der Waals surface area contributed by atoms with Crippen LogP contribution in [0.25, 0.3) is 15.7 Å². The van der Waals surface area contributed by atoms with E-state index < -0.39 is 5.97 Å². The molecular formula is C24H23NO4S. The highest BCUT2D eigenvalue weighted by atomic mass is 32.1. The van der Waals surface area contributed by atoms with Gasteiger partial charge in [0.15, 0.2) is 0 Å². The second kappa shape index (κ2) is 9.13. The molecule has 1 aliphatic carbocycles. The monoisotopic (exact) mass is 421 g/mol. The Morgan fingerprint density at radius 1 is 1.17 bits per heavy atom. The minimum Gasteiger partial charge on any atom is -0.503 e. The molecular weight excluding hydrogens is 398 g/mol. The number of thiophene rings is 1. The molecule has 0 spiro atoms. The van der Waals surface area contributed by atoms with Gasteiger partial charge in [-0.15, -0.1) is 11.3 Å². The highest BCUT2D eigenvalue weighted by molar-refractivity contribution is 7.17. The molecule has 154 valence electrons. The van der Waals surface area contributed by atoms with Gasteiger partial charge in [0.25, 0.3) is 0 Å². The van der Waals surface area contributed by atoms with Crippen LogP contribution in [0.1, 0.15) is 29.5 Å². The third-order valence-corrected chi connectivity index (χ3v) is 5.96. The van der Waals surface area contributed by atoms with E-state index in [1.165, 1.54) is 20.5 Å². The van der Waals surface area contributed by atoms with Crippen LogP contribution in [0, 0.1) is 5.92 Å². The first kappa shape index (κ1) is 20.2. The Morgan fingerprint density at radius 2 is 1.97 bits per heavy atom. The minimum absolute atomic E-state index is 0.357. The fourth-order valence-electron chi connectivity index (χ4n) is 3.33. The van der Waals surface area contributed by atoms with Gasteiger partial charge in [-0.3, -0.25) is 0 Å². The topological polar surface area (TPSA) is 57.1 Å². The summed E-state index contributed by atoms with van der Waals surface area (Å²) in [5.74, 6) is 0.0555. The number of carbonyl (C=O) groups excluding carboxylic acids is 1. The second-order valence-corrected chi connectivity index (χ2v) is 8.04. The standard InChI is InChI=1S/C24H23NO4S/c1-27-14-20(24(26)28-2)21-15-30-22-11-8-16(12-19(21)22)13-29-25-23(18-9-10-18)17-6-4-3-5-7-17/h3-8,11-12,14-15,18H,9-10,13H2,1-2H3.